The highest BCUT2D eigenvalue weighted by Gasteiger charge is 2.21. The Hall–Kier alpha value is -2.76. The minimum Gasteiger partial charge on any atom is -0.356 e. The molecule has 1 saturated heterocycles. The number of piperidine rings is 1. The Labute approximate surface area is 147 Å². The normalized spacial score (nSPS) is 17.6. The number of H-pyrrole nitrogens is 1. The number of hydrogen-bond acceptors (Lipinski definition) is 5. The minimum atomic E-state index is 0.580. The SMILES string of the molecule is Cc1cnc(-c2cc(CC3CCCN(c4ccccn4)C3)ncn2)[nH]1. The maximum atomic E-state index is 4.49. The zero-order valence-electron chi connectivity index (χ0n) is 14.4. The van der Waals surface area contributed by atoms with E-state index in [1.54, 1.807) is 6.33 Å². The Morgan fingerprint density at radius 3 is 2.96 bits per heavy atom. The van der Waals surface area contributed by atoms with Crippen LogP contribution in [-0.4, -0.2) is 38.0 Å². The second-order valence-corrected chi connectivity index (χ2v) is 6.66. The lowest BCUT2D eigenvalue weighted by Crippen LogP contribution is -2.36. The van der Waals surface area contributed by atoms with Crippen LogP contribution in [0.25, 0.3) is 11.5 Å². The Kier molecular flexibility index (Phi) is 4.41. The Morgan fingerprint density at radius 1 is 1.20 bits per heavy atom. The Morgan fingerprint density at radius 2 is 2.16 bits per heavy atom. The fourth-order valence-electron chi connectivity index (χ4n) is 3.46. The molecular weight excluding hydrogens is 312 g/mol. The van der Waals surface area contributed by atoms with Crippen molar-refractivity contribution in [3.63, 3.8) is 0 Å². The van der Waals surface area contributed by atoms with Crippen LogP contribution < -0.4 is 4.90 Å². The Bertz CT molecular complexity index is 829. The molecule has 3 aromatic rings. The van der Waals surface area contributed by atoms with Crippen molar-refractivity contribution in [2.75, 3.05) is 18.0 Å². The molecule has 128 valence electrons. The maximum Gasteiger partial charge on any atom is 0.156 e. The van der Waals surface area contributed by atoms with Crippen molar-refractivity contribution in [3.05, 3.63) is 54.4 Å². The molecule has 1 fully saturated rings. The molecule has 0 aromatic carbocycles. The van der Waals surface area contributed by atoms with E-state index in [0.717, 1.165) is 48.2 Å². The van der Waals surface area contributed by atoms with Crippen LogP contribution in [0.1, 0.15) is 24.2 Å². The summed E-state index contributed by atoms with van der Waals surface area (Å²) < 4.78 is 0. The zero-order chi connectivity index (χ0) is 17.1. The quantitative estimate of drug-likeness (QED) is 0.794. The fraction of sp³-hybridized carbons (Fsp3) is 0.368. The predicted octanol–water partition coefficient (Wildman–Crippen LogP) is 3.03. The van der Waals surface area contributed by atoms with Gasteiger partial charge in [0.1, 0.15) is 17.8 Å². The number of hydrogen-bond donors (Lipinski definition) is 1. The number of imidazole rings is 1. The summed E-state index contributed by atoms with van der Waals surface area (Å²) in [6.45, 7) is 4.09. The molecule has 0 radical (unpaired) electrons. The van der Waals surface area contributed by atoms with Gasteiger partial charge < -0.3 is 9.88 Å². The first-order valence-corrected chi connectivity index (χ1v) is 8.77. The van der Waals surface area contributed by atoms with Crippen molar-refractivity contribution in [2.45, 2.75) is 26.2 Å². The molecule has 1 atom stereocenters. The van der Waals surface area contributed by atoms with Crippen LogP contribution in [-0.2, 0) is 6.42 Å². The van der Waals surface area contributed by atoms with Gasteiger partial charge in [-0.1, -0.05) is 6.07 Å². The van der Waals surface area contributed by atoms with E-state index in [1.165, 1.54) is 12.8 Å². The monoisotopic (exact) mass is 334 g/mol. The lowest BCUT2D eigenvalue weighted by Gasteiger charge is -2.33. The first-order chi connectivity index (χ1) is 12.3. The topological polar surface area (TPSA) is 70.6 Å². The van der Waals surface area contributed by atoms with Gasteiger partial charge in [0, 0.05) is 36.9 Å². The van der Waals surface area contributed by atoms with Crippen molar-refractivity contribution in [1.82, 2.24) is 24.9 Å². The molecule has 1 aliphatic heterocycles. The molecule has 0 amide bonds. The van der Waals surface area contributed by atoms with Gasteiger partial charge in [-0.2, -0.15) is 0 Å². The molecule has 6 heteroatoms. The number of rotatable bonds is 4. The van der Waals surface area contributed by atoms with Crippen LogP contribution in [0.4, 0.5) is 5.82 Å². The number of aromatic nitrogens is 5. The zero-order valence-corrected chi connectivity index (χ0v) is 14.4. The van der Waals surface area contributed by atoms with Gasteiger partial charge in [0.15, 0.2) is 5.82 Å². The molecule has 1 N–H and O–H groups in total. The molecule has 3 aromatic heterocycles. The van der Waals surface area contributed by atoms with Crippen LogP contribution in [0, 0.1) is 12.8 Å². The van der Waals surface area contributed by atoms with Gasteiger partial charge in [-0.05, 0) is 50.3 Å². The molecular formula is C19H22N6. The van der Waals surface area contributed by atoms with Crippen molar-refractivity contribution in [1.29, 1.82) is 0 Å². The van der Waals surface area contributed by atoms with E-state index in [1.807, 2.05) is 31.5 Å². The number of anilines is 1. The number of aromatic amines is 1. The van der Waals surface area contributed by atoms with E-state index in [0.29, 0.717) is 5.92 Å². The van der Waals surface area contributed by atoms with Crippen molar-refractivity contribution >= 4 is 5.82 Å². The summed E-state index contributed by atoms with van der Waals surface area (Å²) in [5.41, 5.74) is 2.97. The number of pyridine rings is 1. The second-order valence-electron chi connectivity index (χ2n) is 6.66. The summed E-state index contributed by atoms with van der Waals surface area (Å²) in [5, 5.41) is 0. The molecule has 0 aliphatic carbocycles. The standard InChI is InChI=1S/C19H22N6/c1-14-11-21-19(24-14)17-10-16(22-13-23-17)9-15-5-4-8-25(12-15)18-6-2-3-7-20-18/h2-3,6-7,10-11,13,15H,4-5,8-9,12H2,1H3,(H,21,24). The van der Waals surface area contributed by atoms with Crippen molar-refractivity contribution in [3.8, 4) is 11.5 Å². The molecule has 0 spiro atoms. The summed E-state index contributed by atoms with van der Waals surface area (Å²) in [6.07, 6.45) is 8.70. The molecule has 4 rings (SSSR count). The third-order valence-corrected chi connectivity index (χ3v) is 4.66. The average Bonchev–Trinajstić information content (AvgIpc) is 3.09. The predicted molar refractivity (Wildman–Crippen MR) is 97.2 cm³/mol. The highest BCUT2D eigenvalue weighted by Crippen LogP contribution is 2.24. The van der Waals surface area contributed by atoms with E-state index in [4.69, 9.17) is 0 Å². The number of nitrogens with one attached hydrogen (secondary N) is 1. The molecule has 6 nitrogen and oxygen atoms in total. The lowest BCUT2D eigenvalue weighted by molar-refractivity contribution is 0.408. The second kappa shape index (κ2) is 7.01. The lowest BCUT2D eigenvalue weighted by atomic mass is 9.93. The summed E-state index contributed by atoms with van der Waals surface area (Å²) in [4.78, 5) is 23.3. The molecule has 25 heavy (non-hydrogen) atoms. The first-order valence-electron chi connectivity index (χ1n) is 8.77. The summed E-state index contributed by atoms with van der Waals surface area (Å²) in [5.74, 6) is 2.46. The fourth-order valence-corrected chi connectivity index (χ4v) is 3.46. The summed E-state index contributed by atoms with van der Waals surface area (Å²) in [6, 6.07) is 8.15. The highest BCUT2D eigenvalue weighted by molar-refractivity contribution is 5.49. The van der Waals surface area contributed by atoms with Crippen LogP contribution >= 0.6 is 0 Å². The molecule has 1 unspecified atom stereocenters. The van der Waals surface area contributed by atoms with Gasteiger partial charge in [-0.15, -0.1) is 0 Å². The summed E-state index contributed by atoms with van der Waals surface area (Å²) >= 11 is 0. The van der Waals surface area contributed by atoms with Crippen molar-refractivity contribution in [2.24, 2.45) is 5.92 Å². The molecule has 0 saturated carbocycles. The van der Waals surface area contributed by atoms with E-state index in [-0.39, 0.29) is 0 Å². The third-order valence-electron chi connectivity index (χ3n) is 4.66. The van der Waals surface area contributed by atoms with Gasteiger partial charge in [0.05, 0.1) is 0 Å². The first kappa shape index (κ1) is 15.7. The van der Waals surface area contributed by atoms with Gasteiger partial charge in [-0.3, -0.25) is 0 Å². The van der Waals surface area contributed by atoms with Crippen LogP contribution in [0.3, 0.4) is 0 Å². The van der Waals surface area contributed by atoms with Crippen molar-refractivity contribution < 1.29 is 0 Å². The largest absolute Gasteiger partial charge is 0.356 e. The Balaban J connectivity index is 1.47. The average molecular weight is 334 g/mol. The molecule has 1 aliphatic rings. The molecule has 0 bridgehead atoms. The minimum absolute atomic E-state index is 0.580. The highest BCUT2D eigenvalue weighted by atomic mass is 15.2. The van der Waals surface area contributed by atoms with E-state index in [2.05, 4.69) is 42.0 Å². The van der Waals surface area contributed by atoms with Crippen LogP contribution in [0.2, 0.25) is 0 Å². The van der Waals surface area contributed by atoms with Gasteiger partial charge in [0.25, 0.3) is 0 Å². The smallest absolute Gasteiger partial charge is 0.156 e. The van der Waals surface area contributed by atoms with Crippen LogP contribution in [0.15, 0.2) is 43.0 Å². The van der Waals surface area contributed by atoms with Gasteiger partial charge in [-0.25, -0.2) is 19.9 Å². The van der Waals surface area contributed by atoms with E-state index >= 15 is 0 Å². The van der Waals surface area contributed by atoms with E-state index in [9.17, 15) is 0 Å². The van der Waals surface area contributed by atoms with E-state index < -0.39 is 0 Å². The number of aryl methyl sites for hydroxylation is 1. The molecule has 4 heterocycles. The number of nitrogens with zero attached hydrogens (tertiary/aromatic N) is 5. The van der Waals surface area contributed by atoms with Gasteiger partial charge >= 0.3 is 0 Å². The van der Waals surface area contributed by atoms with Gasteiger partial charge in [0.2, 0.25) is 0 Å². The summed E-state index contributed by atoms with van der Waals surface area (Å²) in [7, 11) is 0. The van der Waals surface area contributed by atoms with Crippen LogP contribution in [0.5, 0.6) is 0 Å². The maximum absolute atomic E-state index is 4.49. The third kappa shape index (κ3) is 3.68.